The van der Waals surface area contributed by atoms with E-state index < -0.39 is 0 Å². The third-order valence-corrected chi connectivity index (χ3v) is 8.92. The maximum atomic E-state index is 13.6. The molecule has 0 N–H and O–H groups in total. The highest BCUT2D eigenvalue weighted by Crippen LogP contribution is 2.37. The van der Waals surface area contributed by atoms with Crippen LogP contribution >= 0.6 is 24.0 Å². The fourth-order valence-corrected chi connectivity index (χ4v) is 6.53. The molecule has 0 radical (unpaired) electrons. The molecule has 2 fully saturated rings. The summed E-state index contributed by atoms with van der Waals surface area (Å²) < 4.78 is 7.64. The smallest absolute Gasteiger partial charge is 0.270 e. The van der Waals surface area contributed by atoms with Gasteiger partial charge in [0.25, 0.3) is 11.5 Å². The Morgan fingerprint density at radius 3 is 2.49 bits per heavy atom. The van der Waals surface area contributed by atoms with Gasteiger partial charge in [0.1, 0.15) is 27.5 Å². The van der Waals surface area contributed by atoms with E-state index >= 15 is 0 Å². The normalized spacial score (nSPS) is 17.0. The number of benzene rings is 1. The number of pyridine rings is 1. The minimum absolute atomic E-state index is 0.116. The van der Waals surface area contributed by atoms with Crippen LogP contribution in [0.15, 0.2) is 62.8 Å². The van der Waals surface area contributed by atoms with Crippen molar-refractivity contribution in [3.8, 4) is 6.07 Å². The molecule has 0 bridgehead atoms. The second kappa shape index (κ2) is 12.9. The fourth-order valence-electron chi connectivity index (χ4n) is 5.29. The molecule has 0 unspecified atom stereocenters. The minimum atomic E-state index is -0.275. The van der Waals surface area contributed by atoms with Crippen molar-refractivity contribution >= 4 is 46.1 Å². The molecule has 2 aliphatic rings. The van der Waals surface area contributed by atoms with Crippen LogP contribution in [0.3, 0.4) is 0 Å². The van der Waals surface area contributed by atoms with Gasteiger partial charge >= 0.3 is 0 Å². The predicted octanol–water partition coefficient (Wildman–Crippen LogP) is 5.15. The Morgan fingerprint density at radius 1 is 1.07 bits per heavy atom. The first-order chi connectivity index (χ1) is 19.9. The van der Waals surface area contributed by atoms with Crippen LogP contribution in [0.25, 0.3) is 6.08 Å². The number of carbonyl (C=O) groups excluding carboxylic acids is 1. The second-order valence-electron chi connectivity index (χ2n) is 10.3. The van der Waals surface area contributed by atoms with Crippen molar-refractivity contribution in [1.82, 2.24) is 14.4 Å². The fraction of sp³-hybridized carbons (Fsp3) is 0.355. The van der Waals surface area contributed by atoms with Gasteiger partial charge in [-0.3, -0.25) is 24.0 Å². The van der Waals surface area contributed by atoms with Crippen LogP contribution in [0.4, 0.5) is 5.82 Å². The highest BCUT2D eigenvalue weighted by molar-refractivity contribution is 8.26. The van der Waals surface area contributed by atoms with E-state index in [2.05, 4.69) is 47.1 Å². The van der Waals surface area contributed by atoms with Crippen LogP contribution in [0.2, 0.25) is 0 Å². The molecule has 212 valence electrons. The van der Waals surface area contributed by atoms with Crippen molar-refractivity contribution in [2.24, 2.45) is 0 Å². The topological polar surface area (TPSA) is 85.7 Å². The number of anilines is 1. The second-order valence-corrected chi connectivity index (χ2v) is 11.9. The number of thiocarbonyl (C=S) groups is 1. The van der Waals surface area contributed by atoms with E-state index in [1.165, 1.54) is 22.2 Å². The molecule has 10 heteroatoms. The average Bonchev–Trinajstić information content (AvgIpc) is 3.59. The maximum absolute atomic E-state index is 13.6. The number of unbranched alkanes of at least 4 members (excludes halogenated alkanes) is 1. The zero-order valence-electron chi connectivity index (χ0n) is 23.3. The third kappa shape index (κ3) is 6.17. The lowest BCUT2D eigenvalue weighted by molar-refractivity contribution is -0.122. The number of thioether (sulfide) groups is 1. The number of nitriles is 1. The summed E-state index contributed by atoms with van der Waals surface area (Å²) in [5, 5.41) is 9.97. The zero-order valence-corrected chi connectivity index (χ0v) is 25.0. The first kappa shape index (κ1) is 28.9. The van der Waals surface area contributed by atoms with Crippen molar-refractivity contribution in [2.45, 2.75) is 46.3 Å². The van der Waals surface area contributed by atoms with Crippen LogP contribution in [-0.4, -0.2) is 50.8 Å². The number of nitrogens with zero attached hydrogens (tertiary/aromatic N) is 5. The molecule has 4 heterocycles. The third-order valence-electron chi connectivity index (χ3n) is 7.55. The first-order valence-corrected chi connectivity index (χ1v) is 15.1. The van der Waals surface area contributed by atoms with Crippen molar-refractivity contribution in [3.05, 3.63) is 92.0 Å². The summed E-state index contributed by atoms with van der Waals surface area (Å²) in [7, 11) is 0. The molecule has 8 nitrogen and oxygen atoms in total. The Morgan fingerprint density at radius 2 is 1.83 bits per heavy atom. The number of hydrogen-bond acceptors (Lipinski definition) is 8. The number of hydrogen-bond donors (Lipinski definition) is 0. The van der Waals surface area contributed by atoms with Gasteiger partial charge in [-0.1, -0.05) is 67.7 Å². The molecule has 0 aliphatic carbocycles. The van der Waals surface area contributed by atoms with E-state index in [1.54, 1.807) is 23.8 Å². The number of furan rings is 1. The molecule has 0 saturated carbocycles. The van der Waals surface area contributed by atoms with Gasteiger partial charge in [-0.15, -0.1) is 0 Å². The molecule has 3 aromatic rings. The van der Waals surface area contributed by atoms with Crippen molar-refractivity contribution < 1.29 is 9.21 Å². The molecular formula is C31H33N5O3S2. The number of carbonyl (C=O) groups is 1. The minimum Gasteiger partial charge on any atom is -0.467 e. The van der Waals surface area contributed by atoms with Gasteiger partial charge in [0, 0.05) is 44.8 Å². The molecule has 1 amide bonds. The van der Waals surface area contributed by atoms with Gasteiger partial charge in [0.2, 0.25) is 0 Å². The van der Waals surface area contributed by atoms with Crippen molar-refractivity contribution in [1.29, 1.82) is 5.26 Å². The number of aromatic nitrogens is 1. The van der Waals surface area contributed by atoms with E-state index in [9.17, 15) is 14.9 Å². The van der Waals surface area contributed by atoms with E-state index in [1.807, 2.05) is 18.2 Å². The summed E-state index contributed by atoms with van der Waals surface area (Å²) in [6.07, 6.45) is 5.11. The summed E-state index contributed by atoms with van der Waals surface area (Å²) in [4.78, 5) is 33.7. The van der Waals surface area contributed by atoms with E-state index in [-0.39, 0.29) is 23.6 Å². The van der Waals surface area contributed by atoms with Crippen molar-refractivity contribution in [3.63, 3.8) is 0 Å². The zero-order chi connectivity index (χ0) is 28.9. The Hall–Kier alpha value is -3.65. The van der Waals surface area contributed by atoms with Gasteiger partial charge in [-0.05, 0) is 42.7 Å². The molecule has 0 atom stereocenters. The highest BCUT2D eigenvalue weighted by Gasteiger charge is 2.34. The largest absolute Gasteiger partial charge is 0.467 e. The molecule has 41 heavy (non-hydrogen) atoms. The van der Waals surface area contributed by atoms with Crippen molar-refractivity contribution in [2.75, 3.05) is 31.1 Å². The van der Waals surface area contributed by atoms with E-state index in [4.69, 9.17) is 16.6 Å². The molecule has 5 rings (SSSR count). The summed E-state index contributed by atoms with van der Waals surface area (Å²) >= 11 is 6.79. The number of rotatable bonds is 9. The lowest BCUT2D eigenvalue weighted by atomic mass is 10.0. The van der Waals surface area contributed by atoms with E-state index in [0.717, 1.165) is 56.9 Å². The summed E-state index contributed by atoms with van der Waals surface area (Å²) in [6.45, 7) is 8.63. The van der Waals surface area contributed by atoms with Crippen LogP contribution in [0.5, 0.6) is 0 Å². The SMILES string of the molecule is CCCCn1c(N2CCN(Cc3ccccc3)CC2)c(C=C2SC(=S)N(Cc3ccco3)C2=O)c(C)c(C#N)c1=O. The summed E-state index contributed by atoms with van der Waals surface area (Å²) in [6, 6.07) is 16.1. The lowest BCUT2D eigenvalue weighted by Gasteiger charge is -2.38. The Bertz CT molecular complexity index is 1550. The summed E-state index contributed by atoms with van der Waals surface area (Å²) in [5.41, 5.74) is 2.43. The van der Waals surface area contributed by atoms with Crippen LogP contribution in [0, 0.1) is 18.3 Å². The molecule has 2 aliphatic heterocycles. The van der Waals surface area contributed by atoms with Crippen LogP contribution in [-0.2, 0) is 24.4 Å². The first-order valence-electron chi connectivity index (χ1n) is 13.9. The van der Waals surface area contributed by atoms with Crippen LogP contribution in [0.1, 0.15) is 47.8 Å². The number of amides is 1. The monoisotopic (exact) mass is 587 g/mol. The van der Waals surface area contributed by atoms with Crippen LogP contribution < -0.4 is 10.5 Å². The average molecular weight is 588 g/mol. The number of piperazine rings is 1. The maximum Gasteiger partial charge on any atom is 0.270 e. The Balaban J connectivity index is 1.51. The predicted molar refractivity (Wildman–Crippen MR) is 166 cm³/mol. The van der Waals surface area contributed by atoms with Gasteiger partial charge in [-0.2, -0.15) is 5.26 Å². The molecule has 1 aromatic carbocycles. The van der Waals surface area contributed by atoms with Gasteiger partial charge in [0.05, 0.1) is 17.7 Å². The molecule has 0 spiro atoms. The van der Waals surface area contributed by atoms with Gasteiger partial charge in [0.15, 0.2) is 0 Å². The standard InChI is InChI=1S/C31H33N5O3S2/c1-3-4-12-35-28(34-15-13-33(14-16-34)20-23-9-6-5-7-10-23)25(22(2)26(19-32)29(35)37)18-27-30(38)36(31(40)41-27)21-24-11-8-17-39-24/h5-11,17-18H,3-4,12-16,20-21H2,1-2H3. The van der Waals surface area contributed by atoms with E-state index in [0.29, 0.717) is 27.1 Å². The lowest BCUT2D eigenvalue weighted by Crippen LogP contribution is -2.48. The molecular weight excluding hydrogens is 555 g/mol. The molecule has 2 saturated heterocycles. The highest BCUT2D eigenvalue weighted by atomic mass is 32.2. The van der Waals surface area contributed by atoms with Gasteiger partial charge in [-0.25, -0.2) is 0 Å². The van der Waals surface area contributed by atoms with Gasteiger partial charge < -0.3 is 9.32 Å². The Labute approximate surface area is 249 Å². The summed E-state index contributed by atoms with van der Waals surface area (Å²) in [5.74, 6) is 1.21. The Kier molecular flexibility index (Phi) is 9.08. The quantitative estimate of drug-likeness (QED) is 0.251. The molecule has 2 aromatic heterocycles.